The van der Waals surface area contributed by atoms with E-state index in [1.807, 2.05) is 0 Å². The third-order valence-electron chi connectivity index (χ3n) is 2.21. The summed E-state index contributed by atoms with van der Waals surface area (Å²) in [5, 5.41) is 27.6. The molecule has 0 aliphatic carbocycles. The first-order valence-electron chi connectivity index (χ1n) is 4.26. The van der Waals surface area contributed by atoms with Crippen molar-refractivity contribution in [2.45, 2.75) is 31.3 Å². The molecule has 5 N–H and O–H groups in total. The molecule has 6 nitrogen and oxygen atoms in total. The van der Waals surface area contributed by atoms with Gasteiger partial charge >= 0.3 is 0 Å². The van der Waals surface area contributed by atoms with Gasteiger partial charge in [0, 0.05) is 0 Å². The normalized spacial score (nSPS) is 39.8. The highest BCUT2D eigenvalue weighted by atomic mass is 16.5. The van der Waals surface area contributed by atoms with Crippen molar-refractivity contribution in [1.82, 2.24) is 0 Å². The van der Waals surface area contributed by atoms with Crippen LogP contribution >= 0.6 is 0 Å². The van der Waals surface area contributed by atoms with E-state index in [1.165, 1.54) is 6.92 Å². The summed E-state index contributed by atoms with van der Waals surface area (Å²) in [4.78, 5) is 11.0. The molecule has 0 spiro atoms. The van der Waals surface area contributed by atoms with Crippen molar-refractivity contribution >= 4 is 5.78 Å². The van der Waals surface area contributed by atoms with Gasteiger partial charge in [-0.15, -0.1) is 0 Å². The lowest BCUT2D eigenvalue weighted by Gasteiger charge is -2.38. The predicted molar refractivity (Wildman–Crippen MR) is 45.9 cm³/mol. The molecule has 0 saturated carbocycles. The second-order valence-electron chi connectivity index (χ2n) is 3.27. The van der Waals surface area contributed by atoms with Crippen molar-refractivity contribution in [3.05, 3.63) is 6.10 Å². The predicted octanol–water partition coefficient (Wildman–Crippen LogP) is -2.45. The second-order valence-corrected chi connectivity index (χ2v) is 3.27. The fraction of sp³-hybridized carbons (Fsp3) is 0.750. The number of aliphatic hydroxyl groups excluding tert-OH is 3. The molecule has 81 valence electrons. The molecule has 14 heavy (non-hydrogen) atoms. The second kappa shape index (κ2) is 4.33. The Kier molecular flexibility index (Phi) is 3.57. The molecule has 1 aliphatic heterocycles. The average molecular weight is 204 g/mol. The van der Waals surface area contributed by atoms with Gasteiger partial charge in [0.05, 0.1) is 12.6 Å². The van der Waals surface area contributed by atoms with E-state index in [2.05, 4.69) is 0 Å². The molecule has 1 radical (unpaired) electrons. The monoisotopic (exact) mass is 204 g/mol. The Labute approximate surface area is 81.3 Å². The highest BCUT2D eigenvalue weighted by Gasteiger charge is 2.44. The van der Waals surface area contributed by atoms with Crippen molar-refractivity contribution in [2.24, 2.45) is 5.73 Å². The van der Waals surface area contributed by atoms with Crippen LogP contribution in [0.15, 0.2) is 0 Å². The Morgan fingerprint density at radius 1 is 1.50 bits per heavy atom. The third kappa shape index (κ3) is 1.94. The lowest BCUT2D eigenvalue weighted by atomic mass is 9.92. The standard InChI is InChI=1S/C8H14NO5/c1-3(11)8-5(9)7(13)6(12)4(2-10)14-8/h4-7,10,12-13H,2,9H2,1H3/t4-,5-,6-,7-/m1/s1. The summed E-state index contributed by atoms with van der Waals surface area (Å²) in [7, 11) is 0. The van der Waals surface area contributed by atoms with Crippen LogP contribution in [0, 0.1) is 6.10 Å². The van der Waals surface area contributed by atoms with Crippen LogP contribution in [0.4, 0.5) is 0 Å². The Balaban J connectivity index is 2.78. The minimum absolute atomic E-state index is 0.109. The Bertz CT molecular complexity index is 220. The maximum absolute atomic E-state index is 11.0. The van der Waals surface area contributed by atoms with Gasteiger partial charge < -0.3 is 25.8 Å². The summed E-state index contributed by atoms with van der Waals surface area (Å²) in [6.45, 7) is 0.760. The lowest BCUT2D eigenvalue weighted by molar-refractivity contribution is -0.161. The molecule has 0 aromatic heterocycles. The Morgan fingerprint density at radius 3 is 2.50 bits per heavy atom. The van der Waals surface area contributed by atoms with Crippen molar-refractivity contribution in [1.29, 1.82) is 0 Å². The van der Waals surface area contributed by atoms with Gasteiger partial charge in [0.1, 0.15) is 18.3 Å². The van der Waals surface area contributed by atoms with Gasteiger partial charge in [0.25, 0.3) is 0 Å². The maximum Gasteiger partial charge on any atom is 0.181 e. The van der Waals surface area contributed by atoms with Crippen LogP contribution < -0.4 is 5.73 Å². The molecular weight excluding hydrogens is 190 g/mol. The SMILES string of the molecule is CC(=O)[C]1O[C@H](CO)[C@@H](O)[C@H](O)[C@H]1N. The van der Waals surface area contributed by atoms with Gasteiger partial charge in [-0.3, -0.25) is 4.79 Å². The van der Waals surface area contributed by atoms with E-state index in [-0.39, 0.29) is 6.10 Å². The van der Waals surface area contributed by atoms with Gasteiger partial charge in [0.2, 0.25) is 0 Å². The summed E-state index contributed by atoms with van der Waals surface area (Å²) in [5.41, 5.74) is 5.46. The van der Waals surface area contributed by atoms with Crippen molar-refractivity contribution < 1.29 is 24.9 Å². The van der Waals surface area contributed by atoms with Crippen LogP contribution in [-0.2, 0) is 9.53 Å². The maximum atomic E-state index is 11.0. The number of aliphatic hydroxyl groups is 3. The fourth-order valence-corrected chi connectivity index (χ4v) is 1.36. The Morgan fingerprint density at radius 2 is 2.07 bits per heavy atom. The number of ether oxygens (including phenoxy) is 1. The average Bonchev–Trinajstić information content (AvgIpc) is 2.14. The van der Waals surface area contributed by atoms with E-state index >= 15 is 0 Å². The first-order valence-corrected chi connectivity index (χ1v) is 4.26. The van der Waals surface area contributed by atoms with Crippen LogP contribution in [0.5, 0.6) is 0 Å². The molecule has 1 heterocycles. The third-order valence-corrected chi connectivity index (χ3v) is 2.21. The Hall–Kier alpha value is -0.530. The molecule has 0 unspecified atom stereocenters. The van der Waals surface area contributed by atoms with E-state index in [0.717, 1.165) is 0 Å². The molecular formula is C8H14NO5. The van der Waals surface area contributed by atoms with Crippen LogP contribution in [0.3, 0.4) is 0 Å². The van der Waals surface area contributed by atoms with E-state index in [4.69, 9.17) is 15.6 Å². The summed E-state index contributed by atoms with van der Waals surface area (Å²) in [6.07, 6.45) is -3.68. The van der Waals surface area contributed by atoms with Crippen molar-refractivity contribution in [2.75, 3.05) is 6.61 Å². The molecule has 6 heteroatoms. The number of carbonyl (C=O) groups is 1. The number of rotatable bonds is 2. The zero-order valence-electron chi connectivity index (χ0n) is 7.75. The molecule has 0 bridgehead atoms. The smallest absolute Gasteiger partial charge is 0.181 e. The fourth-order valence-electron chi connectivity index (χ4n) is 1.36. The van der Waals surface area contributed by atoms with Crippen LogP contribution in [0.2, 0.25) is 0 Å². The molecule has 0 aromatic rings. The number of ketones is 1. The van der Waals surface area contributed by atoms with E-state index in [1.54, 1.807) is 0 Å². The highest BCUT2D eigenvalue weighted by molar-refractivity contribution is 5.89. The number of nitrogens with two attached hydrogens (primary N) is 1. The van der Waals surface area contributed by atoms with Crippen LogP contribution in [-0.4, -0.2) is 52.1 Å². The number of hydrogen-bond donors (Lipinski definition) is 4. The van der Waals surface area contributed by atoms with Crippen LogP contribution in [0.25, 0.3) is 0 Å². The molecule has 4 atom stereocenters. The minimum Gasteiger partial charge on any atom is -0.394 e. The number of Topliss-reactive ketones (excluding diaryl/α,β-unsaturated/α-hetero) is 1. The van der Waals surface area contributed by atoms with Gasteiger partial charge in [-0.05, 0) is 6.92 Å². The van der Waals surface area contributed by atoms with E-state index in [0.29, 0.717) is 0 Å². The number of carbonyl (C=O) groups excluding carboxylic acids is 1. The quantitative estimate of drug-likeness (QED) is 0.397. The van der Waals surface area contributed by atoms with Gasteiger partial charge in [0.15, 0.2) is 11.9 Å². The lowest BCUT2D eigenvalue weighted by Crippen LogP contribution is -2.60. The molecule has 1 rings (SSSR count). The topological polar surface area (TPSA) is 113 Å². The first-order chi connectivity index (χ1) is 6.49. The molecule has 1 saturated heterocycles. The molecule has 1 fully saturated rings. The van der Waals surface area contributed by atoms with Gasteiger partial charge in [-0.25, -0.2) is 0 Å². The molecule has 0 amide bonds. The number of hydrogen-bond acceptors (Lipinski definition) is 6. The van der Waals surface area contributed by atoms with Crippen LogP contribution in [0.1, 0.15) is 6.92 Å². The summed E-state index contributed by atoms with van der Waals surface area (Å²) >= 11 is 0. The zero-order valence-corrected chi connectivity index (χ0v) is 7.75. The minimum atomic E-state index is -1.29. The summed E-state index contributed by atoms with van der Waals surface area (Å²) in [5.74, 6) is -0.415. The van der Waals surface area contributed by atoms with Crippen molar-refractivity contribution in [3.8, 4) is 0 Å². The highest BCUT2D eigenvalue weighted by Crippen LogP contribution is 2.25. The van der Waals surface area contributed by atoms with E-state index in [9.17, 15) is 15.0 Å². The summed E-state index contributed by atoms with van der Waals surface area (Å²) < 4.78 is 4.97. The largest absolute Gasteiger partial charge is 0.394 e. The molecule has 1 aliphatic rings. The van der Waals surface area contributed by atoms with Gasteiger partial charge in [-0.2, -0.15) is 0 Å². The first kappa shape index (κ1) is 11.5. The zero-order chi connectivity index (χ0) is 10.9. The van der Waals surface area contributed by atoms with E-state index < -0.39 is 36.7 Å². The van der Waals surface area contributed by atoms with Gasteiger partial charge in [-0.1, -0.05) is 0 Å². The van der Waals surface area contributed by atoms with Crippen molar-refractivity contribution in [3.63, 3.8) is 0 Å². The molecule has 0 aromatic carbocycles. The summed E-state index contributed by atoms with van der Waals surface area (Å²) in [6, 6.07) is -1.04.